The first-order chi connectivity index (χ1) is 10.4. The zero-order chi connectivity index (χ0) is 16.3. The molecule has 0 aliphatic heterocycles. The first-order valence-electron chi connectivity index (χ1n) is 6.62. The van der Waals surface area contributed by atoms with Gasteiger partial charge < -0.3 is 15.5 Å². The second-order valence-corrected chi connectivity index (χ2v) is 5.97. The van der Waals surface area contributed by atoms with Crippen LogP contribution < -0.4 is 11.1 Å². The van der Waals surface area contributed by atoms with E-state index in [1.54, 1.807) is 18.4 Å². The minimum atomic E-state index is -0.813. The van der Waals surface area contributed by atoms with E-state index in [1.165, 1.54) is 6.07 Å². The quantitative estimate of drug-likeness (QED) is 0.820. The van der Waals surface area contributed by atoms with Crippen molar-refractivity contribution in [3.8, 4) is 0 Å². The molecule has 22 heavy (non-hydrogen) atoms. The van der Waals surface area contributed by atoms with Crippen LogP contribution in [-0.2, 0) is 0 Å². The first kappa shape index (κ1) is 16.5. The Labute approximate surface area is 136 Å². The van der Waals surface area contributed by atoms with E-state index in [2.05, 4.69) is 21.2 Å². The second-order valence-electron chi connectivity index (χ2n) is 5.05. The number of nitrogens with two attached hydrogens (primary N) is 1. The number of nitrogens with zero attached hydrogens (tertiary/aromatic N) is 1. The fraction of sp³-hybridized carbons (Fsp3) is 0.267. The van der Waals surface area contributed by atoms with Gasteiger partial charge in [-0.1, -0.05) is 15.9 Å². The first-order valence-corrected chi connectivity index (χ1v) is 7.42. The van der Waals surface area contributed by atoms with E-state index in [0.717, 1.165) is 5.76 Å². The molecule has 0 saturated carbocycles. The Bertz CT molecular complexity index is 659. The number of likely N-dealkylation sites (N-methyl/N-ethyl adjacent to an activating group) is 1. The van der Waals surface area contributed by atoms with Gasteiger partial charge in [-0.25, -0.2) is 4.39 Å². The van der Waals surface area contributed by atoms with E-state index in [9.17, 15) is 9.18 Å². The maximum Gasteiger partial charge on any atom is 0.253 e. The maximum absolute atomic E-state index is 13.9. The third-order valence-electron chi connectivity index (χ3n) is 3.28. The summed E-state index contributed by atoms with van der Waals surface area (Å²) >= 11 is 3.21. The Morgan fingerprint density at radius 2 is 2.23 bits per heavy atom. The number of halogens is 2. The fourth-order valence-electron chi connectivity index (χ4n) is 2.19. The van der Waals surface area contributed by atoms with Crippen molar-refractivity contribution in [3.05, 3.63) is 52.1 Å². The second kappa shape index (κ2) is 6.93. The summed E-state index contributed by atoms with van der Waals surface area (Å²) in [7, 11) is 3.82. The molecule has 0 aliphatic rings. The standard InChI is InChI=1S/C15H17BrFN3O2/c1-20(2)12(13-4-3-5-22-13)8-19-11-7-9(16)6-10(17)14(11)15(18)21/h3-7,12,19H,8H2,1-2H3,(H2,18,21). The van der Waals surface area contributed by atoms with Gasteiger partial charge in [-0.2, -0.15) is 0 Å². The Hall–Kier alpha value is -1.86. The van der Waals surface area contributed by atoms with E-state index in [1.807, 2.05) is 25.1 Å². The number of benzene rings is 1. The van der Waals surface area contributed by atoms with Crippen LogP contribution >= 0.6 is 15.9 Å². The summed E-state index contributed by atoms with van der Waals surface area (Å²) in [6.45, 7) is 0.427. The van der Waals surface area contributed by atoms with Crippen LogP contribution in [0.5, 0.6) is 0 Å². The van der Waals surface area contributed by atoms with Crippen molar-refractivity contribution in [1.82, 2.24) is 4.90 Å². The average Bonchev–Trinajstić information content (AvgIpc) is 2.90. The molecule has 1 aromatic heterocycles. The summed E-state index contributed by atoms with van der Waals surface area (Å²) < 4.78 is 19.9. The minimum Gasteiger partial charge on any atom is -0.468 e. The van der Waals surface area contributed by atoms with Gasteiger partial charge >= 0.3 is 0 Å². The van der Waals surface area contributed by atoms with Crippen molar-refractivity contribution in [1.29, 1.82) is 0 Å². The zero-order valence-corrected chi connectivity index (χ0v) is 13.9. The summed E-state index contributed by atoms with van der Waals surface area (Å²) in [6, 6.07) is 6.43. The third kappa shape index (κ3) is 3.66. The molecule has 7 heteroatoms. The largest absolute Gasteiger partial charge is 0.468 e. The number of carbonyl (C=O) groups is 1. The summed E-state index contributed by atoms with van der Waals surface area (Å²) in [5.74, 6) is -0.704. The number of primary amides is 1. The van der Waals surface area contributed by atoms with Gasteiger partial charge in [-0.05, 0) is 38.4 Å². The van der Waals surface area contributed by atoms with Crippen molar-refractivity contribution in [2.24, 2.45) is 5.73 Å². The highest BCUT2D eigenvalue weighted by Gasteiger charge is 2.20. The highest BCUT2D eigenvalue weighted by Crippen LogP contribution is 2.26. The van der Waals surface area contributed by atoms with Crippen LogP contribution in [0.2, 0.25) is 0 Å². The number of rotatable bonds is 6. The maximum atomic E-state index is 13.9. The van der Waals surface area contributed by atoms with Crippen molar-refractivity contribution in [2.45, 2.75) is 6.04 Å². The predicted octanol–water partition coefficient (Wildman–Crippen LogP) is 2.99. The molecule has 0 bridgehead atoms. The Balaban J connectivity index is 2.25. The van der Waals surface area contributed by atoms with Gasteiger partial charge in [0.25, 0.3) is 5.91 Å². The molecule has 2 rings (SSSR count). The summed E-state index contributed by atoms with van der Waals surface area (Å²) in [6.07, 6.45) is 1.60. The monoisotopic (exact) mass is 369 g/mol. The van der Waals surface area contributed by atoms with Gasteiger partial charge in [0.15, 0.2) is 0 Å². The molecule has 2 aromatic rings. The highest BCUT2D eigenvalue weighted by atomic mass is 79.9. The molecule has 1 amide bonds. The SMILES string of the molecule is CN(C)C(CNc1cc(Br)cc(F)c1C(N)=O)c1ccco1. The zero-order valence-electron chi connectivity index (χ0n) is 12.3. The molecular weight excluding hydrogens is 353 g/mol. The molecular formula is C15H17BrFN3O2. The number of hydrogen-bond acceptors (Lipinski definition) is 4. The van der Waals surface area contributed by atoms with E-state index in [-0.39, 0.29) is 11.6 Å². The molecule has 1 atom stereocenters. The normalized spacial score (nSPS) is 12.4. The van der Waals surface area contributed by atoms with E-state index >= 15 is 0 Å². The van der Waals surface area contributed by atoms with Crippen molar-refractivity contribution in [3.63, 3.8) is 0 Å². The van der Waals surface area contributed by atoms with Crippen molar-refractivity contribution >= 4 is 27.5 Å². The molecule has 5 nitrogen and oxygen atoms in total. The van der Waals surface area contributed by atoms with Gasteiger partial charge in [-0.15, -0.1) is 0 Å². The minimum absolute atomic E-state index is 0.0715. The smallest absolute Gasteiger partial charge is 0.253 e. The van der Waals surface area contributed by atoms with Crippen LogP contribution in [-0.4, -0.2) is 31.4 Å². The molecule has 3 N–H and O–H groups in total. The molecule has 0 aliphatic carbocycles. The Morgan fingerprint density at radius 1 is 1.50 bits per heavy atom. The molecule has 0 fully saturated rings. The topological polar surface area (TPSA) is 71.5 Å². The summed E-state index contributed by atoms with van der Waals surface area (Å²) in [4.78, 5) is 13.4. The van der Waals surface area contributed by atoms with Gasteiger partial charge in [0.05, 0.1) is 23.6 Å². The van der Waals surface area contributed by atoms with Crippen LogP contribution in [0.1, 0.15) is 22.2 Å². The summed E-state index contributed by atoms with van der Waals surface area (Å²) in [5.41, 5.74) is 5.46. The van der Waals surface area contributed by atoms with Crippen LogP contribution in [0.3, 0.4) is 0 Å². The predicted molar refractivity (Wildman–Crippen MR) is 86.2 cm³/mol. The fourth-order valence-corrected chi connectivity index (χ4v) is 2.62. The molecule has 0 spiro atoms. The van der Waals surface area contributed by atoms with Crippen molar-refractivity contribution < 1.29 is 13.6 Å². The van der Waals surface area contributed by atoms with Gasteiger partial charge in [0.1, 0.15) is 11.6 Å². The lowest BCUT2D eigenvalue weighted by atomic mass is 10.1. The average molecular weight is 370 g/mol. The van der Waals surface area contributed by atoms with E-state index < -0.39 is 11.7 Å². The number of furan rings is 1. The lowest BCUT2D eigenvalue weighted by Gasteiger charge is -2.23. The number of hydrogen-bond donors (Lipinski definition) is 2. The van der Waals surface area contributed by atoms with E-state index in [4.69, 9.17) is 10.2 Å². The lowest BCUT2D eigenvalue weighted by Crippen LogP contribution is -2.27. The van der Waals surface area contributed by atoms with Crippen LogP contribution in [0.4, 0.5) is 10.1 Å². The molecule has 0 radical (unpaired) electrons. The number of amides is 1. The van der Waals surface area contributed by atoms with Crippen LogP contribution in [0.25, 0.3) is 0 Å². The highest BCUT2D eigenvalue weighted by molar-refractivity contribution is 9.10. The molecule has 1 unspecified atom stereocenters. The number of nitrogens with one attached hydrogen (secondary N) is 1. The summed E-state index contributed by atoms with van der Waals surface area (Å²) in [5, 5.41) is 3.07. The Kier molecular flexibility index (Phi) is 5.20. The number of anilines is 1. The number of carbonyl (C=O) groups excluding carboxylic acids is 1. The van der Waals surface area contributed by atoms with Crippen LogP contribution in [0, 0.1) is 5.82 Å². The molecule has 118 valence electrons. The van der Waals surface area contributed by atoms with Crippen LogP contribution in [0.15, 0.2) is 39.4 Å². The molecule has 0 saturated heterocycles. The van der Waals surface area contributed by atoms with Gasteiger partial charge in [0.2, 0.25) is 0 Å². The van der Waals surface area contributed by atoms with Crippen molar-refractivity contribution in [2.75, 3.05) is 26.0 Å². The third-order valence-corrected chi connectivity index (χ3v) is 3.74. The Morgan fingerprint density at radius 3 is 2.77 bits per heavy atom. The molecule has 1 heterocycles. The lowest BCUT2D eigenvalue weighted by molar-refractivity contribution is 0.0997. The van der Waals surface area contributed by atoms with E-state index in [0.29, 0.717) is 16.7 Å². The van der Waals surface area contributed by atoms with Gasteiger partial charge in [0, 0.05) is 11.0 Å². The van der Waals surface area contributed by atoms with Gasteiger partial charge in [-0.3, -0.25) is 9.69 Å². The molecule has 1 aromatic carbocycles.